The minimum Gasteiger partial charge on any atom is -0.448 e. The van der Waals surface area contributed by atoms with Crippen molar-refractivity contribution in [3.63, 3.8) is 0 Å². The van der Waals surface area contributed by atoms with Crippen molar-refractivity contribution in [3.05, 3.63) is 29.3 Å². The SMILES string of the molecule is C[C@@H]1CCC[C@H](COC(=O)N2CCC(N3CCN(C)CC3)CC2)N1S(=O)(=O)c1ccc(Cl)cc1. The lowest BCUT2D eigenvalue weighted by Gasteiger charge is -2.42. The molecule has 34 heavy (non-hydrogen) atoms. The van der Waals surface area contributed by atoms with Crippen molar-refractivity contribution in [1.82, 2.24) is 19.0 Å². The Balaban J connectivity index is 1.32. The van der Waals surface area contributed by atoms with Crippen LogP contribution in [0.15, 0.2) is 29.2 Å². The normalized spacial score (nSPS) is 26.5. The summed E-state index contributed by atoms with van der Waals surface area (Å²) in [5.41, 5.74) is 0. The lowest BCUT2D eigenvalue weighted by molar-refractivity contribution is 0.0408. The molecule has 1 aromatic rings. The maximum absolute atomic E-state index is 13.4. The number of carbonyl (C=O) groups is 1. The number of hydrogen-bond acceptors (Lipinski definition) is 6. The van der Waals surface area contributed by atoms with Crippen LogP contribution in [0, 0.1) is 0 Å². The van der Waals surface area contributed by atoms with Gasteiger partial charge in [-0.3, -0.25) is 4.90 Å². The lowest BCUT2D eigenvalue weighted by atomic mass is 10.0. The molecule has 3 heterocycles. The summed E-state index contributed by atoms with van der Waals surface area (Å²) in [5.74, 6) is 0. The molecular formula is C24H37ClN4O4S. The van der Waals surface area contributed by atoms with E-state index >= 15 is 0 Å². The first-order valence-corrected chi connectivity index (χ1v) is 14.2. The van der Waals surface area contributed by atoms with Crippen LogP contribution in [0.2, 0.25) is 5.02 Å². The Labute approximate surface area is 208 Å². The number of amides is 1. The molecule has 0 N–H and O–H groups in total. The third-order valence-corrected chi connectivity index (χ3v) is 9.85. The number of likely N-dealkylation sites (N-methyl/N-ethyl adjacent to an activating group) is 1. The highest BCUT2D eigenvalue weighted by Gasteiger charge is 2.39. The quantitative estimate of drug-likeness (QED) is 0.603. The Morgan fingerprint density at radius 1 is 1.00 bits per heavy atom. The summed E-state index contributed by atoms with van der Waals surface area (Å²) >= 11 is 5.95. The Kier molecular flexibility index (Phi) is 8.40. The Morgan fingerprint density at radius 3 is 2.29 bits per heavy atom. The van der Waals surface area contributed by atoms with E-state index in [0.29, 0.717) is 30.6 Å². The van der Waals surface area contributed by atoms with Crippen molar-refractivity contribution < 1.29 is 17.9 Å². The maximum atomic E-state index is 13.4. The van der Waals surface area contributed by atoms with Crippen molar-refractivity contribution >= 4 is 27.7 Å². The molecule has 8 nitrogen and oxygen atoms in total. The largest absolute Gasteiger partial charge is 0.448 e. The van der Waals surface area contributed by atoms with E-state index < -0.39 is 10.0 Å². The summed E-state index contributed by atoms with van der Waals surface area (Å²) in [4.78, 5) is 19.7. The smallest absolute Gasteiger partial charge is 0.409 e. The van der Waals surface area contributed by atoms with E-state index in [2.05, 4.69) is 16.8 Å². The van der Waals surface area contributed by atoms with Gasteiger partial charge in [0.1, 0.15) is 6.61 Å². The number of rotatable bonds is 5. The first kappa shape index (κ1) is 25.7. The first-order chi connectivity index (χ1) is 16.3. The molecule has 0 spiro atoms. The Morgan fingerprint density at radius 2 is 1.65 bits per heavy atom. The molecule has 0 unspecified atom stereocenters. The number of hydrogen-bond donors (Lipinski definition) is 0. The second kappa shape index (κ2) is 11.1. The Bertz CT molecular complexity index is 929. The molecule has 4 rings (SSSR count). The number of likely N-dealkylation sites (tertiary alicyclic amines) is 1. The van der Waals surface area contributed by atoms with Crippen LogP contribution in [0.5, 0.6) is 0 Å². The average Bonchev–Trinajstić information content (AvgIpc) is 2.83. The van der Waals surface area contributed by atoms with Crippen LogP contribution in [0.25, 0.3) is 0 Å². The minimum atomic E-state index is -3.71. The van der Waals surface area contributed by atoms with Gasteiger partial charge in [-0.15, -0.1) is 0 Å². The highest BCUT2D eigenvalue weighted by molar-refractivity contribution is 7.89. The van der Waals surface area contributed by atoms with Gasteiger partial charge >= 0.3 is 6.09 Å². The second-order valence-corrected chi connectivity index (χ2v) is 12.1. The summed E-state index contributed by atoms with van der Waals surface area (Å²) in [6.07, 6.45) is 3.95. The van der Waals surface area contributed by atoms with Crippen LogP contribution in [0.4, 0.5) is 4.79 Å². The van der Waals surface area contributed by atoms with Crippen LogP contribution in [0.1, 0.15) is 39.0 Å². The predicted octanol–water partition coefficient (Wildman–Crippen LogP) is 3.12. The van der Waals surface area contributed by atoms with Gasteiger partial charge in [-0.05, 0) is 63.9 Å². The maximum Gasteiger partial charge on any atom is 0.409 e. The van der Waals surface area contributed by atoms with Gasteiger partial charge in [-0.1, -0.05) is 18.0 Å². The van der Waals surface area contributed by atoms with Crippen LogP contribution < -0.4 is 0 Å². The number of piperidine rings is 2. The third-order valence-electron chi connectivity index (χ3n) is 7.52. The summed E-state index contributed by atoms with van der Waals surface area (Å²) in [6.45, 7) is 7.73. The van der Waals surface area contributed by atoms with Gasteiger partial charge in [0, 0.05) is 56.4 Å². The van der Waals surface area contributed by atoms with E-state index in [1.807, 2.05) is 6.92 Å². The molecule has 0 saturated carbocycles. The number of carbonyl (C=O) groups excluding carboxylic acids is 1. The third kappa shape index (κ3) is 5.87. The van der Waals surface area contributed by atoms with E-state index in [1.54, 1.807) is 17.0 Å². The standard InChI is InChI=1S/C24H37ClN4O4S/c1-19-4-3-5-22(29(19)34(31,32)23-8-6-20(25)7-9-23)18-33-24(30)28-12-10-21(11-13-28)27-16-14-26(2)15-17-27/h6-9,19,21-22H,3-5,10-18H2,1-2H3/t19-,22-/m1/s1. The van der Waals surface area contributed by atoms with Crippen molar-refractivity contribution in [1.29, 1.82) is 0 Å². The molecule has 0 aliphatic carbocycles. The van der Waals surface area contributed by atoms with Crippen LogP contribution in [0.3, 0.4) is 0 Å². The zero-order valence-electron chi connectivity index (χ0n) is 20.2. The highest BCUT2D eigenvalue weighted by Crippen LogP contribution is 2.30. The molecule has 3 saturated heterocycles. The molecule has 1 amide bonds. The van der Waals surface area contributed by atoms with Gasteiger partial charge in [0.05, 0.1) is 10.9 Å². The summed E-state index contributed by atoms with van der Waals surface area (Å²) in [7, 11) is -1.56. The fraction of sp³-hybridized carbons (Fsp3) is 0.708. The molecular weight excluding hydrogens is 476 g/mol. The summed E-state index contributed by atoms with van der Waals surface area (Å²) in [6, 6.07) is 6.25. The van der Waals surface area contributed by atoms with Gasteiger partial charge < -0.3 is 14.5 Å². The average molecular weight is 513 g/mol. The first-order valence-electron chi connectivity index (χ1n) is 12.4. The monoisotopic (exact) mass is 512 g/mol. The van der Waals surface area contributed by atoms with Crippen molar-refractivity contribution in [3.8, 4) is 0 Å². The fourth-order valence-electron chi connectivity index (χ4n) is 5.44. The Hall–Kier alpha value is -1.39. The van der Waals surface area contributed by atoms with E-state index in [9.17, 15) is 13.2 Å². The summed E-state index contributed by atoms with van der Waals surface area (Å²) in [5, 5.41) is 0.493. The fourth-order valence-corrected chi connectivity index (χ4v) is 7.43. The van der Waals surface area contributed by atoms with E-state index in [0.717, 1.165) is 51.9 Å². The van der Waals surface area contributed by atoms with E-state index in [-0.39, 0.29) is 29.7 Å². The van der Waals surface area contributed by atoms with Gasteiger partial charge in [0.25, 0.3) is 0 Å². The molecule has 0 radical (unpaired) electrons. The number of piperazine rings is 1. The zero-order chi connectivity index (χ0) is 24.3. The number of nitrogens with zero attached hydrogens (tertiary/aromatic N) is 4. The molecule has 0 aromatic heterocycles. The highest BCUT2D eigenvalue weighted by atomic mass is 35.5. The molecule has 0 bridgehead atoms. The number of halogens is 1. The van der Waals surface area contributed by atoms with Crippen LogP contribution in [-0.2, 0) is 14.8 Å². The molecule has 3 aliphatic heterocycles. The molecule has 190 valence electrons. The van der Waals surface area contributed by atoms with E-state index in [1.165, 1.54) is 16.4 Å². The van der Waals surface area contributed by atoms with Crippen molar-refractivity contribution in [2.24, 2.45) is 0 Å². The molecule has 1 aromatic carbocycles. The van der Waals surface area contributed by atoms with Crippen LogP contribution >= 0.6 is 11.6 Å². The molecule has 10 heteroatoms. The second-order valence-electron chi connectivity index (χ2n) is 9.86. The topological polar surface area (TPSA) is 73.4 Å². The van der Waals surface area contributed by atoms with E-state index in [4.69, 9.17) is 16.3 Å². The van der Waals surface area contributed by atoms with Gasteiger partial charge in [0.2, 0.25) is 10.0 Å². The van der Waals surface area contributed by atoms with Gasteiger partial charge in [-0.25, -0.2) is 13.2 Å². The number of benzene rings is 1. The van der Waals surface area contributed by atoms with Crippen LogP contribution in [-0.4, -0.2) is 105 Å². The zero-order valence-corrected chi connectivity index (χ0v) is 21.8. The molecule has 3 aliphatic rings. The van der Waals surface area contributed by atoms with Crippen molar-refractivity contribution in [2.45, 2.75) is 62.0 Å². The lowest BCUT2D eigenvalue weighted by Crippen LogP contribution is -2.53. The predicted molar refractivity (Wildman–Crippen MR) is 133 cm³/mol. The summed E-state index contributed by atoms with van der Waals surface area (Å²) < 4.78 is 34.0. The minimum absolute atomic E-state index is 0.0778. The van der Waals surface area contributed by atoms with Gasteiger partial charge in [-0.2, -0.15) is 4.31 Å². The van der Waals surface area contributed by atoms with Crippen molar-refractivity contribution in [2.75, 3.05) is 52.9 Å². The molecule has 3 fully saturated rings. The number of ether oxygens (including phenoxy) is 1. The molecule has 2 atom stereocenters. The van der Waals surface area contributed by atoms with Gasteiger partial charge in [0.15, 0.2) is 0 Å². The number of sulfonamides is 1.